The number of hydrogen-bond donors (Lipinski definition) is 1. The first-order chi connectivity index (χ1) is 10.2. The Balaban J connectivity index is 2.13. The molecule has 1 N–H and O–H groups in total. The minimum Gasteiger partial charge on any atom is -0.368 e. The fourth-order valence-electron chi connectivity index (χ4n) is 2.29. The summed E-state index contributed by atoms with van der Waals surface area (Å²) in [5, 5.41) is 4.21. The summed E-state index contributed by atoms with van der Waals surface area (Å²) in [6.45, 7) is 4.79. The summed E-state index contributed by atoms with van der Waals surface area (Å²) in [4.78, 5) is 6.59. The third-order valence-corrected chi connectivity index (χ3v) is 3.56. The van der Waals surface area contributed by atoms with Gasteiger partial charge in [-0.15, -0.1) is 0 Å². The highest BCUT2D eigenvalue weighted by molar-refractivity contribution is 6.30. The van der Waals surface area contributed by atoms with Gasteiger partial charge in [0.05, 0.1) is 12.2 Å². The highest BCUT2D eigenvalue weighted by atomic mass is 35.5. The Morgan fingerprint density at radius 3 is 2.81 bits per heavy atom. The van der Waals surface area contributed by atoms with E-state index in [0.717, 1.165) is 36.8 Å². The van der Waals surface area contributed by atoms with Crippen LogP contribution < -0.4 is 10.2 Å². The van der Waals surface area contributed by atoms with Crippen LogP contribution in [0.5, 0.6) is 0 Å². The number of aromatic nitrogens is 1. The number of anilines is 1. The second kappa shape index (κ2) is 8.01. The Morgan fingerprint density at radius 2 is 2.10 bits per heavy atom. The lowest BCUT2D eigenvalue weighted by Crippen LogP contribution is -2.21. The number of halogens is 1. The lowest BCUT2D eigenvalue weighted by Gasteiger charge is -2.22. The molecule has 0 spiro atoms. The van der Waals surface area contributed by atoms with Crippen LogP contribution in [0.3, 0.4) is 0 Å². The number of nitrogens with zero attached hydrogens (tertiary/aromatic N) is 2. The van der Waals surface area contributed by atoms with Gasteiger partial charge in [0.25, 0.3) is 0 Å². The van der Waals surface area contributed by atoms with Crippen molar-refractivity contribution in [2.75, 3.05) is 18.5 Å². The second-order valence-corrected chi connectivity index (χ2v) is 5.56. The van der Waals surface area contributed by atoms with E-state index >= 15 is 0 Å². The summed E-state index contributed by atoms with van der Waals surface area (Å²) < 4.78 is 0. The van der Waals surface area contributed by atoms with Crippen LogP contribution >= 0.6 is 11.6 Å². The Morgan fingerprint density at radius 1 is 1.24 bits per heavy atom. The van der Waals surface area contributed by atoms with Gasteiger partial charge >= 0.3 is 0 Å². The fourth-order valence-corrected chi connectivity index (χ4v) is 2.48. The van der Waals surface area contributed by atoms with E-state index < -0.39 is 0 Å². The van der Waals surface area contributed by atoms with Crippen molar-refractivity contribution in [1.29, 1.82) is 0 Å². The molecular formula is C17H22ClN3. The maximum atomic E-state index is 6.14. The van der Waals surface area contributed by atoms with E-state index in [1.807, 2.05) is 36.5 Å². The number of pyridine rings is 1. The van der Waals surface area contributed by atoms with Crippen LogP contribution in [0, 0.1) is 0 Å². The largest absolute Gasteiger partial charge is 0.368 e. The molecule has 0 aliphatic heterocycles. The zero-order valence-corrected chi connectivity index (χ0v) is 13.4. The fraction of sp³-hybridized carbons (Fsp3) is 0.353. The molecule has 2 rings (SSSR count). The van der Waals surface area contributed by atoms with Crippen molar-refractivity contribution in [3.05, 3.63) is 58.9 Å². The van der Waals surface area contributed by atoms with Crippen molar-refractivity contribution >= 4 is 17.3 Å². The van der Waals surface area contributed by atoms with E-state index in [2.05, 4.69) is 35.2 Å². The van der Waals surface area contributed by atoms with Crippen LogP contribution in [0.15, 0.2) is 42.6 Å². The summed E-state index contributed by atoms with van der Waals surface area (Å²) >= 11 is 6.14. The number of rotatable bonds is 7. The minimum atomic E-state index is 0.776. The van der Waals surface area contributed by atoms with Crippen molar-refractivity contribution in [3.8, 4) is 0 Å². The van der Waals surface area contributed by atoms with Crippen molar-refractivity contribution in [2.24, 2.45) is 0 Å². The standard InChI is InChI=1S/C17H22ClN3/c1-3-9-19-12-14-11-15(18)7-8-17(14)21(2)13-16-6-4-5-10-20-16/h4-8,10-11,19H,3,9,12-13H2,1-2H3. The molecule has 3 nitrogen and oxygen atoms in total. The van der Waals surface area contributed by atoms with E-state index in [-0.39, 0.29) is 0 Å². The first-order valence-electron chi connectivity index (χ1n) is 7.31. The molecule has 0 atom stereocenters. The maximum absolute atomic E-state index is 6.14. The summed E-state index contributed by atoms with van der Waals surface area (Å²) in [5.41, 5.74) is 3.46. The van der Waals surface area contributed by atoms with E-state index in [9.17, 15) is 0 Å². The second-order valence-electron chi connectivity index (χ2n) is 5.13. The summed E-state index contributed by atoms with van der Waals surface area (Å²) in [7, 11) is 2.08. The molecular weight excluding hydrogens is 282 g/mol. The molecule has 0 saturated carbocycles. The van der Waals surface area contributed by atoms with Crippen LogP contribution in [0.4, 0.5) is 5.69 Å². The third-order valence-electron chi connectivity index (χ3n) is 3.32. The van der Waals surface area contributed by atoms with Gasteiger partial charge in [0.1, 0.15) is 0 Å². The van der Waals surface area contributed by atoms with Crippen molar-refractivity contribution in [3.63, 3.8) is 0 Å². The monoisotopic (exact) mass is 303 g/mol. The van der Waals surface area contributed by atoms with E-state index in [1.165, 1.54) is 11.3 Å². The quantitative estimate of drug-likeness (QED) is 0.787. The predicted octanol–water partition coefficient (Wildman–Crippen LogP) is 3.87. The Hall–Kier alpha value is -1.58. The van der Waals surface area contributed by atoms with Crippen LogP contribution in [0.2, 0.25) is 5.02 Å². The molecule has 0 aliphatic carbocycles. The molecule has 2 aromatic rings. The molecule has 1 heterocycles. The highest BCUT2D eigenvalue weighted by Crippen LogP contribution is 2.24. The average Bonchev–Trinajstić information content (AvgIpc) is 2.48. The van der Waals surface area contributed by atoms with Crippen LogP contribution in [-0.4, -0.2) is 18.6 Å². The molecule has 21 heavy (non-hydrogen) atoms. The van der Waals surface area contributed by atoms with Crippen LogP contribution in [0.25, 0.3) is 0 Å². The van der Waals surface area contributed by atoms with Gasteiger partial charge in [-0.3, -0.25) is 4.98 Å². The molecule has 0 bridgehead atoms. The highest BCUT2D eigenvalue weighted by Gasteiger charge is 2.09. The van der Waals surface area contributed by atoms with Gasteiger partial charge < -0.3 is 10.2 Å². The molecule has 0 aliphatic rings. The zero-order valence-electron chi connectivity index (χ0n) is 12.6. The topological polar surface area (TPSA) is 28.2 Å². The molecule has 112 valence electrons. The third kappa shape index (κ3) is 4.73. The van der Waals surface area contributed by atoms with Gasteiger partial charge in [-0.25, -0.2) is 0 Å². The van der Waals surface area contributed by atoms with Gasteiger partial charge in [-0.05, 0) is 48.9 Å². The molecule has 1 aromatic heterocycles. The predicted molar refractivity (Wildman–Crippen MR) is 89.8 cm³/mol. The number of benzene rings is 1. The number of nitrogens with one attached hydrogen (secondary N) is 1. The lowest BCUT2D eigenvalue weighted by molar-refractivity contribution is 0.673. The van der Waals surface area contributed by atoms with Crippen molar-refractivity contribution in [2.45, 2.75) is 26.4 Å². The van der Waals surface area contributed by atoms with Gasteiger partial charge in [0.2, 0.25) is 0 Å². The van der Waals surface area contributed by atoms with Gasteiger partial charge in [-0.2, -0.15) is 0 Å². The van der Waals surface area contributed by atoms with Gasteiger partial charge in [0.15, 0.2) is 0 Å². The van der Waals surface area contributed by atoms with Gasteiger partial charge in [0, 0.05) is 30.5 Å². The first kappa shape index (κ1) is 15.8. The molecule has 1 aromatic carbocycles. The summed E-state index contributed by atoms with van der Waals surface area (Å²) in [6.07, 6.45) is 2.95. The Bertz CT molecular complexity index is 557. The molecule has 0 saturated heterocycles. The normalized spacial score (nSPS) is 10.6. The molecule has 0 fully saturated rings. The van der Waals surface area contributed by atoms with Crippen LogP contribution in [-0.2, 0) is 13.1 Å². The SMILES string of the molecule is CCCNCc1cc(Cl)ccc1N(C)Cc1ccccn1. The van der Waals surface area contributed by atoms with Crippen molar-refractivity contribution in [1.82, 2.24) is 10.3 Å². The Labute approximate surface area is 132 Å². The zero-order chi connectivity index (χ0) is 15.1. The van der Waals surface area contributed by atoms with E-state index in [0.29, 0.717) is 0 Å². The van der Waals surface area contributed by atoms with Gasteiger partial charge in [-0.1, -0.05) is 24.6 Å². The maximum Gasteiger partial charge on any atom is 0.0598 e. The van der Waals surface area contributed by atoms with E-state index in [4.69, 9.17) is 11.6 Å². The molecule has 0 unspecified atom stereocenters. The smallest absolute Gasteiger partial charge is 0.0598 e. The number of hydrogen-bond acceptors (Lipinski definition) is 3. The lowest BCUT2D eigenvalue weighted by atomic mass is 10.1. The van der Waals surface area contributed by atoms with Crippen molar-refractivity contribution < 1.29 is 0 Å². The summed E-state index contributed by atoms with van der Waals surface area (Å²) in [5.74, 6) is 0. The average molecular weight is 304 g/mol. The molecule has 0 amide bonds. The first-order valence-corrected chi connectivity index (χ1v) is 7.68. The molecule has 4 heteroatoms. The Kier molecular flexibility index (Phi) is 6.03. The molecule has 0 radical (unpaired) electrons. The minimum absolute atomic E-state index is 0.776. The van der Waals surface area contributed by atoms with Crippen LogP contribution in [0.1, 0.15) is 24.6 Å². The summed E-state index contributed by atoms with van der Waals surface area (Å²) in [6, 6.07) is 12.0. The van der Waals surface area contributed by atoms with E-state index in [1.54, 1.807) is 0 Å².